The highest BCUT2D eigenvalue weighted by Gasteiger charge is 2.44. The lowest BCUT2D eigenvalue weighted by molar-refractivity contribution is -0.149. The van der Waals surface area contributed by atoms with E-state index in [4.69, 9.17) is 0 Å². The summed E-state index contributed by atoms with van der Waals surface area (Å²) >= 11 is 5.67. The molecule has 1 aliphatic rings. The van der Waals surface area contributed by atoms with Crippen LogP contribution in [0.2, 0.25) is 0 Å². The molecule has 1 N–H and O–H groups in total. The molecule has 0 spiro atoms. The van der Waals surface area contributed by atoms with Crippen molar-refractivity contribution in [2.45, 2.75) is 24.6 Å². The van der Waals surface area contributed by atoms with E-state index < -0.39 is 16.7 Å². The van der Waals surface area contributed by atoms with Gasteiger partial charge in [-0.05, 0) is 11.5 Å². The highest BCUT2D eigenvalue weighted by Crippen LogP contribution is 2.43. The zero-order valence-electron chi connectivity index (χ0n) is 13.0. The summed E-state index contributed by atoms with van der Waals surface area (Å²) < 4.78 is -0.528. The maximum Gasteiger partial charge on any atom is 0.326 e. The Bertz CT molecular complexity index is 655. The first-order valence-electron chi connectivity index (χ1n) is 7.20. The summed E-state index contributed by atoms with van der Waals surface area (Å²) in [7, 11) is 0. The van der Waals surface area contributed by atoms with Gasteiger partial charge in [0.25, 0.3) is 5.91 Å². The molecule has 1 fully saturated rings. The summed E-state index contributed by atoms with van der Waals surface area (Å²) in [6.45, 7) is 7.36. The number of allylic oxidation sites excluding steroid dienone is 2. The van der Waals surface area contributed by atoms with Gasteiger partial charge in [0.05, 0.1) is 4.91 Å². The maximum absolute atomic E-state index is 12.8. The van der Waals surface area contributed by atoms with Crippen molar-refractivity contribution in [1.82, 2.24) is 4.90 Å². The summed E-state index contributed by atoms with van der Waals surface area (Å²) in [5.74, 6) is -1.54. The van der Waals surface area contributed by atoms with Crippen LogP contribution in [0.5, 0.6) is 0 Å². The number of rotatable bonds is 5. The molecule has 1 aliphatic heterocycles. The van der Waals surface area contributed by atoms with Crippen molar-refractivity contribution in [2.75, 3.05) is 0 Å². The molecule has 6 heteroatoms. The molecule has 2 atom stereocenters. The van der Waals surface area contributed by atoms with E-state index in [9.17, 15) is 14.7 Å². The second-order valence-corrected chi connectivity index (χ2v) is 7.43. The van der Waals surface area contributed by atoms with Crippen LogP contribution in [0.4, 0.5) is 0 Å². The van der Waals surface area contributed by atoms with Crippen molar-refractivity contribution in [2.24, 2.45) is 5.92 Å². The number of nitrogens with zero attached hydrogens (tertiary/aromatic N) is 1. The fraction of sp³-hybridized carbons (Fsp3) is 0.294. The van der Waals surface area contributed by atoms with E-state index in [1.165, 1.54) is 16.7 Å². The van der Waals surface area contributed by atoms with Gasteiger partial charge in [-0.15, -0.1) is 12.6 Å². The van der Waals surface area contributed by atoms with E-state index >= 15 is 0 Å². The minimum Gasteiger partial charge on any atom is -0.480 e. The first-order valence-corrected chi connectivity index (χ1v) is 8.60. The van der Waals surface area contributed by atoms with Gasteiger partial charge < -0.3 is 10.0 Å². The van der Waals surface area contributed by atoms with Crippen LogP contribution in [-0.2, 0) is 9.59 Å². The molecule has 1 saturated heterocycles. The molecule has 122 valence electrons. The number of carbonyl (C=O) groups is 2. The molecule has 1 aromatic rings. The van der Waals surface area contributed by atoms with Crippen LogP contribution >= 0.6 is 24.4 Å². The number of aliphatic carboxylic acids is 1. The predicted octanol–water partition coefficient (Wildman–Crippen LogP) is 3.48. The number of hydrogen-bond donors (Lipinski definition) is 2. The molecular formula is C17H19NO3S2. The molecule has 0 saturated carbocycles. The minimum absolute atomic E-state index is 0.213. The zero-order valence-corrected chi connectivity index (χ0v) is 14.7. The van der Waals surface area contributed by atoms with Crippen LogP contribution in [0.15, 0.2) is 47.9 Å². The van der Waals surface area contributed by atoms with E-state index in [0.29, 0.717) is 10.5 Å². The predicted molar refractivity (Wildman–Crippen MR) is 97.0 cm³/mol. The van der Waals surface area contributed by atoms with Crippen molar-refractivity contribution in [3.63, 3.8) is 0 Å². The Kier molecular flexibility index (Phi) is 5.59. The third kappa shape index (κ3) is 3.48. The fourth-order valence-electron chi connectivity index (χ4n) is 2.56. The van der Waals surface area contributed by atoms with Gasteiger partial charge in [0.15, 0.2) is 0 Å². The monoisotopic (exact) mass is 349 g/mol. The Morgan fingerprint density at radius 2 is 2.00 bits per heavy atom. The van der Waals surface area contributed by atoms with Crippen LogP contribution < -0.4 is 0 Å². The Morgan fingerprint density at radius 3 is 2.48 bits per heavy atom. The number of amides is 1. The first kappa shape index (κ1) is 17.7. The quantitative estimate of drug-likeness (QED) is 0.631. The molecular weight excluding hydrogens is 330 g/mol. The van der Waals surface area contributed by atoms with Gasteiger partial charge in [0.2, 0.25) is 0 Å². The Balaban J connectivity index is 2.48. The second kappa shape index (κ2) is 7.27. The van der Waals surface area contributed by atoms with Crippen LogP contribution in [0.1, 0.15) is 19.4 Å². The number of benzene rings is 1. The van der Waals surface area contributed by atoms with Crippen molar-refractivity contribution in [3.05, 3.63) is 53.5 Å². The first-order chi connectivity index (χ1) is 10.9. The molecule has 0 bridgehead atoms. The lowest BCUT2D eigenvalue weighted by atomic mass is 10.0. The van der Waals surface area contributed by atoms with Gasteiger partial charge in [-0.2, -0.15) is 0 Å². The van der Waals surface area contributed by atoms with Crippen molar-refractivity contribution < 1.29 is 14.7 Å². The van der Waals surface area contributed by atoms with Crippen LogP contribution in [-0.4, -0.2) is 32.6 Å². The second-order valence-electron chi connectivity index (χ2n) is 5.50. The van der Waals surface area contributed by atoms with Gasteiger partial charge in [0, 0.05) is 5.57 Å². The van der Waals surface area contributed by atoms with Crippen molar-refractivity contribution in [1.29, 1.82) is 0 Å². The standard InChI is InChI=1S/C17H19NO3S2/c1-4-12(11-8-6-5-7-9-11)14-15(19)18(17(22)23-14)13(10(2)3)16(20)21/h4-10,13,17,22H,1H2,2-3H3,(H,20,21)/b14-12-. The highest BCUT2D eigenvalue weighted by atomic mass is 32.2. The Hall–Kier alpha value is -1.66. The molecule has 23 heavy (non-hydrogen) atoms. The summed E-state index contributed by atoms with van der Waals surface area (Å²) in [5, 5.41) is 9.47. The average Bonchev–Trinajstić information content (AvgIpc) is 2.77. The normalized spacial score (nSPS) is 21.5. The zero-order chi connectivity index (χ0) is 17.1. The molecule has 0 aliphatic carbocycles. The molecule has 2 unspecified atom stereocenters. The smallest absolute Gasteiger partial charge is 0.326 e. The van der Waals surface area contributed by atoms with Gasteiger partial charge >= 0.3 is 5.97 Å². The van der Waals surface area contributed by atoms with E-state index in [1.54, 1.807) is 19.9 Å². The number of carboxylic acids is 1. The van der Waals surface area contributed by atoms with Crippen molar-refractivity contribution in [3.8, 4) is 0 Å². The van der Waals surface area contributed by atoms with E-state index in [2.05, 4.69) is 19.2 Å². The summed E-state index contributed by atoms with van der Waals surface area (Å²) in [5.41, 5.74) is 1.58. The van der Waals surface area contributed by atoms with Gasteiger partial charge in [-0.3, -0.25) is 4.79 Å². The highest BCUT2D eigenvalue weighted by molar-refractivity contribution is 8.14. The van der Waals surface area contributed by atoms with Crippen LogP contribution in [0, 0.1) is 5.92 Å². The molecule has 0 radical (unpaired) electrons. The molecule has 1 heterocycles. The fourth-order valence-corrected chi connectivity index (χ4v) is 4.21. The molecule has 2 rings (SSSR count). The Labute approximate surface area is 145 Å². The average molecular weight is 349 g/mol. The van der Waals surface area contributed by atoms with Crippen molar-refractivity contribution >= 4 is 41.8 Å². The number of carbonyl (C=O) groups excluding carboxylic acids is 1. The summed E-state index contributed by atoms with van der Waals surface area (Å²) in [6, 6.07) is 8.54. The van der Waals surface area contributed by atoms with E-state index in [0.717, 1.165) is 5.56 Å². The van der Waals surface area contributed by atoms with E-state index in [1.807, 2.05) is 30.3 Å². The molecule has 4 nitrogen and oxygen atoms in total. The summed E-state index contributed by atoms with van der Waals surface area (Å²) in [4.78, 5) is 26.2. The topological polar surface area (TPSA) is 57.6 Å². The molecule has 1 aromatic carbocycles. The number of hydrogen-bond acceptors (Lipinski definition) is 4. The van der Waals surface area contributed by atoms with E-state index in [-0.39, 0.29) is 11.8 Å². The van der Waals surface area contributed by atoms with Gasteiger partial charge in [0.1, 0.15) is 10.7 Å². The third-order valence-corrected chi connectivity index (χ3v) is 5.24. The number of thioether (sulfide) groups is 1. The number of carboxylic acid groups (broad SMARTS) is 1. The SMILES string of the molecule is C=C/C(=C1/SC(S)N(C(C(=O)O)C(C)C)C1=O)c1ccccc1. The minimum atomic E-state index is -1.02. The maximum atomic E-state index is 12.8. The lowest BCUT2D eigenvalue weighted by Gasteiger charge is -2.29. The Morgan fingerprint density at radius 1 is 1.39 bits per heavy atom. The molecule has 0 aromatic heterocycles. The van der Waals surface area contributed by atoms with Crippen LogP contribution in [0.3, 0.4) is 0 Å². The van der Waals surface area contributed by atoms with Gasteiger partial charge in [-0.25, -0.2) is 4.79 Å². The summed E-state index contributed by atoms with van der Waals surface area (Å²) in [6.07, 6.45) is 1.63. The third-order valence-electron chi connectivity index (χ3n) is 3.61. The number of thiol groups is 1. The largest absolute Gasteiger partial charge is 0.480 e. The molecule has 1 amide bonds. The van der Waals surface area contributed by atoms with Gasteiger partial charge in [-0.1, -0.05) is 68.6 Å². The lowest BCUT2D eigenvalue weighted by Crippen LogP contribution is -2.47. The van der Waals surface area contributed by atoms with Crippen LogP contribution in [0.25, 0.3) is 5.57 Å².